The second kappa shape index (κ2) is 3.59. The maximum absolute atomic E-state index is 12.9. The van der Waals surface area contributed by atoms with Crippen molar-refractivity contribution >= 4 is 0 Å². The van der Waals surface area contributed by atoms with Crippen molar-refractivity contribution in [3.05, 3.63) is 42.1 Å². The van der Waals surface area contributed by atoms with Gasteiger partial charge in [-0.15, -0.1) is 0 Å². The van der Waals surface area contributed by atoms with Crippen LogP contribution in [0.15, 0.2) is 30.6 Å². The molecule has 1 heterocycles. The van der Waals surface area contributed by atoms with E-state index in [0.29, 0.717) is 12.2 Å². The third-order valence-corrected chi connectivity index (χ3v) is 2.02. The normalized spacial score (nSPS) is 10.4. The van der Waals surface area contributed by atoms with E-state index in [1.165, 1.54) is 12.1 Å². The predicted octanol–water partition coefficient (Wildman–Crippen LogP) is 1.67. The van der Waals surface area contributed by atoms with Crippen LogP contribution in [-0.4, -0.2) is 9.97 Å². The number of nitrogens with one attached hydrogen (secondary N) is 1. The summed E-state index contributed by atoms with van der Waals surface area (Å²) in [6.07, 6.45) is 1.56. The van der Waals surface area contributed by atoms with Crippen LogP contribution in [0.2, 0.25) is 0 Å². The first-order valence-electron chi connectivity index (χ1n) is 4.29. The Hall–Kier alpha value is -1.68. The Kier molecular flexibility index (Phi) is 2.28. The second-order valence-electron chi connectivity index (χ2n) is 2.94. The number of hydrogen-bond acceptors (Lipinski definition) is 2. The maximum atomic E-state index is 12.9. The van der Waals surface area contributed by atoms with Gasteiger partial charge in [0.15, 0.2) is 0 Å². The number of H-pyrrole nitrogens is 1. The molecule has 0 atom stereocenters. The second-order valence-corrected chi connectivity index (χ2v) is 2.94. The van der Waals surface area contributed by atoms with Crippen molar-refractivity contribution in [3.63, 3.8) is 0 Å². The fourth-order valence-corrected chi connectivity index (χ4v) is 1.36. The van der Waals surface area contributed by atoms with Crippen molar-refractivity contribution < 1.29 is 4.39 Å². The molecule has 2 rings (SSSR count). The number of nitrogens with zero attached hydrogens (tertiary/aromatic N) is 1. The lowest BCUT2D eigenvalue weighted by atomic mass is 10.1. The molecule has 72 valence electrons. The first kappa shape index (κ1) is 8.90. The molecule has 2 aromatic rings. The summed E-state index contributed by atoms with van der Waals surface area (Å²) in [7, 11) is 0. The lowest BCUT2D eigenvalue weighted by Crippen LogP contribution is -1.98. The van der Waals surface area contributed by atoms with Crippen molar-refractivity contribution in [3.8, 4) is 11.3 Å². The topological polar surface area (TPSA) is 54.7 Å². The quantitative estimate of drug-likeness (QED) is 0.758. The van der Waals surface area contributed by atoms with Crippen molar-refractivity contribution in [1.82, 2.24) is 9.97 Å². The van der Waals surface area contributed by atoms with E-state index >= 15 is 0 Å². The number of halogens is 1. The van der Waals surface area contributed by atoms with Crippen molar-refractivity contribution in [2.75, 3.05) is 0 Å². The van der Waals surface area contributed by atoms with Gasteiger partial charge in [0.1, 0.15) is 5.82 Å². The SMILES string of the molecule is NCc1[nH]cnc1-c1cccc(F)c1. The summed E-state index contributed by atoms with van der Waals surface area (Å²) in [6.45, 7) is 0.367. The van der Waals surface area contributed by atoms with E-state index in [0.717, 1.165) is 11.3 Å². The number of benzene rings is 1. The molecule has 14 heavy (non-hydrogen) atoms. The zero-order valence-electron chi connectivity index (χ0n) is 7.50. The zero-order valence-corrected chi connectivity index (χ0v) is 7.50. The zero-order chi connectivity index (χ0) is 9.97. The number of aromatic amines is 1. The summed E-state index contributed by atoms with van der Waals surface area (Å²) in [6, 6.07) is 6.30. The Balaban J connectivity index is 2.49. The molecule has 0 fully saturated rings. The van der Waals surface area contributed by atoms with E-state index < -0.39 is 0 Å². The van der Waals surface area contributed by atoms with Crippen LogP contribution in [0, 0.1) is 5.82 Å². The highest BCUT2D eigenvalue weighted by Crippen LogP contribution is 2.20. The number of hydrogen-bond donors (Lipinski definition) is 2. The van der Waals surface area contributed by atoms with E-state index in [-0.39, 0.29) is 5.82 Å². The highest BCUT2D eigenvalue weighted by Gasteiger charge is 2.06. The average Bonchev–Trinajstić information content (AvgIpc) is 2.65. The van der Waals surface area contributed by atoms with E-state index in [1.54, 1.807) is 18.5 Å². The van der Waals surface area contributed by atoms with Crippen LogP contribution in [0.25, 0.3) is 11.3 Å². The molecule has 0 unspecified atom stereocenters. The van der Waals surface area contributed by atoms with Crippen LogP contribution in [0.1, 0.15) is 5.69 Å². The Morgan fingerprint density at radius 2 is 2.29 bits per heavy atom. The van der Waals surface area contributed by atoms with Gasteiger partial charge in [0.2, 0.25) is 0 Å². The smallest absolute Gasteiger partial charge is 0.123 e. The lowest BCUT2D eigenvalue weighted by Gasteiger charge is -1.99. The fraction of sp³-hybridized carbons (Fsp3) is 0.100. The standard InChI is InChI=1S/C10H10FN3/c11-8-3-1-2-7(4-8)10-9(5-12)13-6-14-10/h1-4,6H,5,12H2,(H,13,14). The van der Waals surface area contributed by atoms with Gasteiger partial charge < -0.3 is 10.7 Å². The molecule has 0 aliphatic heterocycles. The molecule has 4 heteroatoms. The van der Waals surface area contributed by atoms with E-state index in [1.807, 2.05) is 0 Å². The van der Waals surface area contributed by atoms with Crippen molar-refractivity contribution in [2.24, 2.45) is 5.73 Å². The van der Waals surface area contributed by atoms with Crippen LogP contribution in [-0.2, 0) is 6.54 Å². The van der Waals surface area contributed by atoms with Crippen LogP contribution < -0.4 is 5.73 Å². The highest BCUT2D eigenvalue weighted by molar-refractivity contribution is 5.61. The summed E-state index contributed by atoms with van der Waals surface area (Å²) in [5.41, 5.74) is 7.78. The fourth-order valence-electron chi connectivity index (χ4n) is 1.36. The molecule has 1 aromatic carbocycles. The molecule has 3 N–H and O–H groups in total. The minimum Gasteiger partial charge on any atom is -0.347 e. The molecule has 0 bridgehead atoms. The van der Waals surface area contributed by atoms with Gasteiger partial charge in [-0.2, -0.15) is 0 Å². The summed E-state index contributed by atoms with van der Waals surface area (Å²) >= 11 is 0. The van der Waals surface area contributed by atoms with Crippen molar-refractivity contribution in [2.45, 2.75) is 6.54 Å². The van der Waals surface area contributed by atoms with Gasteiger partial charge in [-0.1, -0.05) is 12.1 Å². The summed E-state index contributed by atoms with van der Waals surface area (Å²) < 4.78 is 12.9. The minimum absolute atomic E-state index is 0.270. The third kappa shape index (κ3) is 1.52. The number of rotatable bonds is 2. The van der Waals surface area contributed by atoms with E-state index in [9.17, 15) is 4.39 Å². The molecule has 1 aromatic heterocycles. The summed E-state index contributed by atoms with van der Waals surface area (Å²) in [4.78, 5) is 7.01. The summed E-state index contributed by atoms with van der Waals surface area (Å²) in [5, 5.41) is 0. The van der Waals surface area contributed by atoms with Crippen LogP contribution in [0.4, 0.5) is 4.39 Å². The average molecular weight is 191 g/mol. The van der Waals surface area contributed by atoms with Crippen LogP contribution >= 0.6 is 0 Å². The minimum atomic E-state index is -0.270. The maximum Gasteiger partial charge on any atom is 0.123 e. The monoisotopic (exact) mass is 191 g/mol. The molecule has 0 aliphatic carbocycles. The lowest BCUT2D eigenvalue weighted by molar-refractivity contribution is 0.628. The largest absolute Gasteiger partial charge is 0.347 e. The van der Waals surface area contributed by atoms with Crippen LogP contribution in [0.5, 0.6) is 0 Å². The molecule has 0 saturated carbocycles. The predicted molar refractivity (Wildman–Crippen MR) is 51.9 cm³/mol. The van der Waals surface area contributed by atoms with Crippen molar-refractivity contribution in [1.29, 1.82) is 0 Å². The Labute approximate surface area is 80.8 Å². The first-order chi connectivity index (χ1) is 6.81. The molecule has 3 nitrogen and oxygen atoms in total. The Morgan fingerprint density at radius 3 is 3.00 bits per heavy atom. The summed E-state index contributed by atoms with van der Waals surface area (Å²) in [5.74, 6) is -0.270. The third-order valence-electron chi connectivity index (χ3n) is 2.02. The number of aromatic nitrogens is 2. The Morgan fingerprint density at radius 1 is 1.43 bits per heavy atom. The van der Waals surface area contributed by atoms with Gasteiger partial charge in [0.05, 0.1) is 17.7 Å². The number of imidazole rings is 1. The van der Waals surface area contributed by atoms with Crippen LogP contribution in [0.3, 0.4) is 0 Å². The van der Waals surface area contributed by atoms with Gasteiger partial charge in [0, 0.05) is 12.1 Å². The van der Waals surface area contributed by atoms with Gasteiger partial charge >= 0.3 is 0 Å². The number of nitrogens with two attached hydrogens (primary N) is 1. The Bertz CT molecular complexity index is 436. The molecule has 0 saturated heterocycles. The molecule has 0 aliphatic rings. The molecular weight excluding hydrogens is 181 g/mol. The van der Waals surface area contributed by atoms with Gasteiger partial charge in [0.25, 0.3) is 0 Å². The molecule has 0 radical (unpaired) electrons. The van der Waals surface area contributed by atoms with E-state index in [2.05, 4.69) is 9.97 Å². The molecular formula is C10H10FN3. The highest BCUT2D eigenvalue weighted by atomic mass is 19.1. The van der Waals surface area contributed by atoms with E-state index in [4.69, 9.17) is 5.73 Å². The van der Waals surface area contributed by atoms with Gasteiger partial charge in [-0.05, 0) is 12.1 Å². The first-order valence-corrected chi connectivity index (χ1v) is 4.29. The van der Waals surface area contributed by atoms with Gasteiger partial charge in [-0.3, -0.25) is 0 Å². The molecule has 0 amide bonds. The van der Waals surface area contributed by atoms with Gasteiger partial charge in [-0.25, -0.2) is 9.37 Å². The molecule has 0 spiro atoms.